The van der Waals surface area contributed by atoms with E-state index in [0.29, 0.717) is 61.1 Å². The van der Waals surface area contributed by atoms with E-state index in [1.807, 2.05) is 32.6 Å². The molecule has 4 amide bonds. The smallest absolute Gasteiger partial charge is 0.338 e. The molecule has 0 aliphatic carbocycles. The summed E-state index contributed by atoms with van der Waals surface area (Å²) in [5.41, 5.74) is 1.58. The van der Waals surface area contributed by atoms with Gasteiger partial charge in [0.05, 0.1) is 32.4 Å². The van der Waals surface area contributed by atoms with Crippen molar-refractivity contribution in [3.63, 3.8) is 0 Å². The third-order valence-corrected chi connectivity index (χ3v) is 6.76. The molecule has 2 N–H and O–H groups in total. The summed E-state index contributed by atoms with van der Waals surface area (Å²) in [5.74, 6) is 0.587. The number of hydrogen-bond acceptors (Lipinski definition) is 7. The van der Waals surface area contributed by atoms with E-state index in [0.717, 1.165) is 0 Å². The van der Waals surface area contributed by atoms with E-state index in [1.54, 1.807) is 37.1 Å². The van der Waals surface area contributed by atoms with E-state index in [-0.39, 0.29) is 30.8 Å². The summed E-state index contributed by atoms with van der Waals surface area (Å²) < 4.78 is 16.4. The number of carbonyl (C=O) groups excluding carboxylic acids is 3. The average Bonchev–Trinajstić information content (AvgIpc) is 2.87. The van der Waals surface area contributed by atoms with Gasteiger partial charge in [-0.25, -0.2) is 14.4 Å². The molecule has 11 heteroatoms. The predicted octanol–water partition coefficient (Wildman–Crippen LogP) is 2.73. The zero-order chi connectivity index (χ0) is 28.0. The number of methoxy groups -OCH3 is 2. The Morgan fingerprint density at radius 2 is 1.89 bits per heavy atom. The van der Waals surface area contributed by atoms with E-state index in [9.17, 15) is 14.4 Å². The SMILES string of the molecule is CCOC(=O)C1=C(CN2CCN(C(=O)NC(C)C)[C@@H](C)C2)N(CC)C(=O)N[C@H]1c1ccc(OC)cc1OC. The van der Waals surface area contributed by atoms with Gasteiger partial charge in [-0.05, 0) is 46.8 Å². The molecular weight excluding hydrogens is 490 g/mol. The van der Waals surface area contributed by atoms with Crippen molar-refractivity contribution in [2.24, 2.45) is 0 Å². The first-order valence-corrected chi connectivity index (χ1v) is 13.1. The lowest BCUT2D eigenvalue weighted by molar-refractivity contribution is -0.139. The zero-order valence-electron chi connectivity index (χ0n) is 23.5. The van der Waals surface area contributed by atoms with E-state index in [1.165, 1.54) is 7.11 Å². The highest BCUT2D eigenvalue weighted by atomic mass is 16.5. The summed E-state index contributed by atoms with van der Waals surface area (Å²) in [7, 11) is 3.09. The number of rotatable bonds is 9. The molecule has 1 fully saturated rings. The minimum atomic E-state index is -0.768. The molecule has 2 aliphatic heterocycles. The van der Waals surface area contributed by atoms with Gasteiger partial charge in [0.15, 0.2) is 0 Å². The molecule has 210 valence electrons. The van der Waals surface area contributed by atoms with E-state index >= 15 is 0 Å². The summed E-state index contributed by atoms with van der Waals surface area (Å²) in [4.78, 5) is 44.9. The van der Waals surface area contributed by atoms with Crippen molar-refractivity contribution >= 4 is 18.0 Å². The number of hydrogen-bond donors (Lipinski definition) is 2. The Balaban J connectivity index is 2.01. The van der Waals surface area contributed by atoms with Crippen molar-refractivity contribution in [3.05, 3.63) is 35.0 Å². The molecule has 2 aliphatic rings. The normalized spacial score (nSPS) is 20.4. The van der Waals surface area contributed by atoms with Crippen molar-refractivity contribution in [1.29, 1.82) is 0 Å². The summed E-state index contributed by atoms with van der Waals surface area (Å²) >= 11 is 0. The lowest BCUT2D eigenvalue weighted by Gasteiger charge is -2.43. The van der Waals surface area contributed by atoms with Crippen molar-refractivity contribution in [3.8, 4) is 11.5 Å². The third-order valence-electron chi connectivity index (χ3n) is 6.76. The molecule has 0 spiro atoms. The fourth-order valence-corrected chi connectivity index (χ4v) is 4.97. The van der Waals surface area contributed by atoms with Crippen LogP contribution in [0.15, 0.2) is 29.5 Å². The molecule has 0 radical (unpaired) electrons. The van der Waals surface area contributed by atoms with Crippen LogP contribution in [-0.2, 0) is 9.53 Å². The number of ether oxygens (including phenoxy) is 3. The summed E-state index contributed by atoms with van der Waals surface area (Å²) in [5, 5.41) is 5.94. The maximum atomic E-state index is 13.4. The second kappa shape index (κ2) is 12.9. The lowest BCUT2D eigenvalue weighted by Crippen LogP contribution is -2.58. The Kier molecular flexibility index (Phi) is 9.84. The maximum Gasteiger partial charge on any atom is 0.338 e. The maximum absolute atomic E-state index is 13.4. The Bertz CT molecular complexity index is 1060. The minimum Gasteiger partial charge on any atom is -0.497 e. The second-order valence-corrected chi connectivity index (χ2v) is 9.70. The van der Waals surface area contributed by atoms with E-state index in [2.05, 4.69) is 15.5 Å². The van der Waals surface area contributed by atoms with Crippen LogP contribution in [0.25, 0.3) is 0 Å². The van der Waals surface area contributed by atoms with Gasteiger partial charge in [0.25, 0.3) is 0 Å². The monoisotopic (exact) mass is 531 g/mol. The van der Waals surface area contributed by atoms with Crippen LogP contribution in [0.4, 0.5) is 9.59 Å². The van der Waals surface area contributed by atoms with Gasteiger partial charge >= 0.3 is 18.0 Å². The second-order valence-electron chi connectivity index (χ2n) is 9.70. The van der Waals surface area contributed by atoms with Crippen LogP contribution in [-0.4, -0.2) is 98.4 Å². The van der Waals surface area contributed by atoms with Crippen molar-refractivity contribution < 1.29 is 28.6 Å². The molecule has 1 aromatic rings. The third kappa shape index (κ3) is 6.32. The number of nitrogens with one attached hydrogen (secondary N) is 2. The van der Waals surface area contributed by atoms with Gasteiger partial charge in [-0.3, -0.25) is 9.80 Å². The van der Waals surface area contributed by atoms with Crippen molar-refractivity contribution in [2.45, 2.75) is 52.7 Å². The Hall–Kier alpha value is -3.47. The Morgan fingerprint density at radius 3 is 2.47 bits per heavy atom. The summed E-state index contributed by atoms with van der Waals surface area (Å²) in [6.07, 6.45) is 0. The van der Waals surface area contributed by atoms with Crippen LogP contribution in [0.3, 0.4) is 0 Å². The highest BCUT2D eigenvalue weighted by Crippen LogP contribution is 2.38. The van der Waals surface area contributed by atoms with Gasteiger partial charge in [-0.15, -0.1) is 0 Å². The molecule has 1 aromatic carbocycles. The van der Waals surface area contributed by atoms with E-state index < -0.39 is 12.0 Å². The molecular formula is C27H41N5O6. The summed E-state index contributed by atoms with van der Waals surface area (Å²) in [6, 6.07) is 4.13. The highest BCUT2D eigenvalue weighted by Gasteiger charge is 2.40. The first-order valence-electron chi connectivity index (χ1n) is 13.1. The molecule has 0 saturated carbocycles. The zero-order valence-corrected chi connectivity index (χ0v) is 23.5. The number of esters is 1. The largest absolute Gasteiger partial charge is 0.497 e. The molecule has 0 bridgehead atoms. The van der Waals surface area contributed by atoms with E-state index in [4.69, 9.17) is 14.2 Å². The number of nitrogens with zero attached hydrogens (tertiary/aromatic N) is 3. The number of amides is 4. The van der Waals surface area contributed by atoms with Crippen LogP contribution >= 0.6 is 0 Å². The van der Waals surface area contributed by atoms with Gasteiger partial charge < -0.3 is 29.7 Å². The van der Waals surface area contributed by atoms with Crippen LogP contribution < -0.4 is 20.1 Å². The van der Waals surface area contributed by atoms with Gasteiger partial charge in [0, 0.05) is 62.1 Å². The van der Waals surface area contributed by atoms with Crippen LogP contribution in [0.5, 0.6) is 11.5 Å². The summed E-state index contributed by atoms with van der Waals surface area (Å²) in [6.45, 7) is 12.2. The van der Waals surface area contributed by atoms with Gasteiger partial charge in [0.1, 0.15) is 11.5 Å². The van der Waals surface area contributed by atoms with Gasteiger partial charge in [-0.2, -0.15) is 0 Å². The van der Waals surface area contributed by atoms with Crippen molar-refractivity contribution in [1.82, 2.24) is 25.3 Å². The van der Waals surface area contributed by atoms with Crippen LogP contribution in [0, 0.1) is 0 Å². The molecule has 38 heavy (non-hydrogen) atoms. The molecule has 2 atom stereocenters. The number of likely N-dealkylation sites (N-methyl/N-ethyl adjacent to an activating group) is 1. The van der Waals surface area contributed by atoms with Gasteiger partial charge in [0.2, 0.25) is 0 Å². The molecule has 0 unspecified atom stereocenters. The standard InChI is InChI=1S/C27H41N5O6/c1-8-31-21(16-30-12-13-32(18(5)15-30)26(34)28-17(3)4)23(25(33)38-9-2)24(29-27(31)35)20-11-10-19(36-6)14-22(20)37-7/h10-11,14,17-18,24H,8-9,12-13,15-16H2,1-7H3,(H,28,34)(H,29,35)/t18-,24-/m0/s1. The quantitative estimate of drug-likeness (QED) is 0.471. The number of urea groups is 2. The topological polar surface area (TPSA) is 113 Å². The Labute approximate surface area is 225 Å². The van der Waals surface area contributed by atoms with Crippen LogP contribution in [0.1, 0.15) is 46.2 Å². The molecule has 0 aromatic heterocycles. The number of piperazine rings is 1. The molecule has 11 nitrogen and oxygen atoms in total. The number of benzene rings is 1. The first-order chi connectivity index (χ1) is 18.1. The minimum absolute atomic E-state index is 0.0425. The Morgan fingerprint density at radius 1 is 1.16 bits per heavy atom. The molecule has 3 rings (SSSR count). The van der Waals surface area contributed by atoms with Gasteiger partial charge in [-0.1, -0.05) is 0 Å². The average molecular weight is 532 g/mol. The fourth-order valence-electron chi connectivity index (χ4n) is 4.97. The highest BCUT2D eigenvalue weighted by molar-refractivity contribution is 5.95. The lowest BCUT2D eigenvalue weighted by atomic mass is 9.93. The number of carbonyl (C=O) groups is 3. The first kappa shape index (κ1) is 29.1. The molecule has 1 saturated heterocycles. The predicted molar refractivity (Wildman–Crippen MR) is 143 cm³/mol. The molecule has 2 heterocycles. The van der Waals surface area contributed by atoms with Crippen molar-refractivity contribution in [2.75, 3.05) is 53.6 Å². The fraction of sp³-hybridized carbons (Fsp3) is 0.593. The van der Waals surface area contributed by atoms with Crippen LogP contribution in [0.2, 0.25) is 0 Å².